The number of hydrogen-bond donors (Lipinski definition) is 3. The number of carbonyl (C=O) groups is 2. The van der Waals surface area contributed by atoms with Gasteiger partial charge in [0.15, 0.2) is 5.69 Å². The Hall–Kier alpha value is -3.81. The quantitative estimate of drug-likeness (QED) is 0.490. The van der Waals surface area contributed by atoms with E-state index in [-0.39, 0.29) is 16.8 Å². The second-order valence-electron chi connectivity index (χ2n) is 5.07. The predicted molar refractivity (Wildman–Crippen MR) is 90.8 cm³/mol. The van der Waals surface area contributed by atoms with E-state index in [0.717, 1.165) is 0 Å². The molecule has 3 N–H and O–H groups in total. The van der Waals surface area contributed by atoms with Crippen LogP contribution in [0.3, 0.4) is 0 Å². The molecular weight excluding hydrogens is 324 g/mol. The minimum atomic E-state index is -1.02. The van der Waals surface area contributed by atoms with Gasteiger partial charge in [-0.05, 0) is 23.8 Å². The molecule has 0 radical (unpaired) electrons. The van der Waals surface area contributed by atoms with Crippen LogP contribution >= 0.6 is 0 Å². The summed E-state index contributed by atoms with van der Waals surface area (Å²) in [6.45, 7) is 0. The van der Waals surface area contributed by atoms with Gasteiger partial charge in [0.1, 0.15) is 0 Å². The summed E-state index contributed by atoms with van der Waals surface area (Å²) in [5, 5.41) is 19.5. The van der Waals surface area contributed by atoms with E-state index in [4.69, 9.17) is 5.11 Å². The summed E-state index contributed by atoms with van der Waals surface area (Å²) in [7, 11) is 0. The van der Waals surface area contributed by atoms with Crippen molar-refractivity contribution in [2.24, 2.45) is 5.10 Å². The highest BCUT2D eigenvalue weighted by Gasteiger charge is 2.13. The molecule has 3 aromatic rings. The molecule has 3 rings (SSSR count). The van der Waals surface area contributed by atoms with Crippen LogP contribution in [0.25, 0.3) is 10.8 Å². The Kier molecular flexibility index (Phi) is 4.34. The van der Waals surface area contributed by atoms with E-state index in [1.165, 1.54) is 18.3 Å². The molecular formula is C17H12N4O4. The van der Waals surface area contributed by atoms with Crippen molar-refractivity contribution in [3.63, 3.8) is 0 Å². The van der Waals surface area contributed by atoms with Crippen LogP contribution in [0, 0.1) is 0 Å². The van der Waals surface area contributed by atoms with E-state index in [0.29, 0.717) is 16.3 Å². The third kappa shape index (κ3) is 3.42. The van der Waals surface area contributed by atoms with Gasteiger partial charge in [0.05, 0.1) is 17.2 Å². The van der Waals surface area contributed by atoms with Gasteiger partial charge in [-0.15, -0.1) is 0 Å². The molecule has 0 unspecified atom stereocenters. The van der Waals surface area contributed by atoms with Gasteiger partial charge < -0.3 is 5.11 Å². The average Bonchev–Trinajstić information content (AvgIpc) is 2.62. The van der Waals surface area contributed by atoms with E-state index in [1.54, 1.807) is 36.4 Å². The Morgan fingerprint density at radius 2 is 1.76 bits per heavy atom. The number of benzene rings is 2. The molecule has 8 heteroatoms. The number of hydrazone groups is 1. The SMILES string of the molecule is O=C(O)c1ccc(C=NNC(=O)c2n[nH]c(=O)c3ccccc23)cc1. The predicted octanol–water partition coefficient (Wildman–Crippen LogP) is 1.39. The number of aromatic amines is 1. The van der Waals surface area contributed by atoms with Gasteiger partial charge in [-0.25, -0.2) is 15.3 Å². The fourth-order valence-corrected chi connectivity index (χ4v) is 2.22. The van der Waals surface area contributed by atoms with E-state index < -0.39 is 11.9 Å². The largest absolute Gasteiger partial charge is 0.478 e. The Morgan fingerprint density at radius 3 is 2.44 bits per heavy atom. The van der Waals surface area contributed by atoms with Crippen molar-refractivity contribution < 1.29 is 14.7 Å². The fourth-order valence-electron chi connectivity index (χ4n) is 2.22. The maximum Gasteiger partial charge on any atom is 0.335 e. The highest BCUT2D eigenvalue weighted by atomic mass is 16.4. The second kappa shape index (κ2) is 6.75. The van der Waals surface area contributed by atoms with Crippen LogP contribution in [0.1, 0.15) is 26.4 Å². The van der Waals surface area contributed by atoms with Crippen molar-refractivity contribution in [1.29, 1.82) is 0 Å². The summed E-state index contributed by atoms with van der Waals surface area (Å²) < 4.78 is 0. The summed E-state index contributed by atoms with van der Waals surface area (Å²) >= 11 is 0. The number of aromatic carboxylic acids is 1. The molecule has 8 nitrogen and oxygen atoms in total. The minimum absolute atomic E-state index is 0.0496. The number of rotatable bonds is 4. The normalized spacial score (nSPS) is 10.9. The third-order valence-corrected chi connectivity index (χ3v) is 3.45. The van der Waals surface area contributed by atoms with Crippen molar-refractivity contribution in [3.8, 4) is 0 Å². The monoisotopic (exact) mass is 336 g/mol. The molecule has 0 fully saturated rings. The molecule has 0 atom stereocenters. The Balaban J connectivity index is 1.78. The zero-order valence-corrected chi connectivity index (χ0v) is 12.8. The first-order chi connectivity index (χ1) is 12.1. The first-order valence-electron chi connectivity index (χ1n) is 7.20. The van der Waals surface area contributed by atoms with Gasteiger partial charge in [-0.1, -0.05) is 30.3 Å². The van der Waals surface area contributed by atoms with Crippen LogP contribution in [0.15, 0.2) is 58.4 Å². The van der Waals surface area contributed by atoms with Gasteiger partial charge in [-0.3, -0.25) is 9.59 Å². The molecule has 0 aliphatic carbocycles. The molecule has 124 valence electrons. The number of aromatic nitrogens is 2. The number of amides is 1. The zero-order chi connectivity index (χ0) is 17.8. The Labute approximate surface area is 140 Å². The molecule has 2 aromatic carbocycles. The highest BCUT2D eigenvalue weighted by Crippen LogP contribution is 2.12. The molecule has 1 aromatic heterocycles. The number of carbonyl (C=O) groups excluding carboxylic acids is 1. The number of nitrogens with zero attached hydrogens (tertiary/aromatic N) is 2. The lowest BCUT2D eigenvalue weighted by Crippen LogP contribution is -2.22. The van der Waals surface area contributed by atoms with Crippen molar-refractivity contribution >= 4 is 28.9 Å². The molecule has 0 aliphatic heterocycles. The van der Waals surface area contributed by atoms with Gasteiger partial charge in [-0.2, -0.15) is 10.2 Å². The summed E-state index contributed by atoms with van der Waals surface area (Å²) in [5.41, 5.74) is 2.77. The summed E-state index contributed by atoms with van der Waals surface area (Å²) in [4.78, 5) is 34.7. The maximum atomic E-state index is 12.2. The first-order valence-corrected chi connectivity index (χ1v) is 7.20. The molecule has 0 saturated heterocycles. The third-order valence-electron chi connectivity index (χ3n) is 3.45. The lowest BCUT2D eigenvalue weighted by Gasteiger charge is -2.03. The molecule has 0 bridgehead atoms. The topological polar surface area (TPSA) is 125 Å². The van der Waals surface area contributed by atoms with Crippen molar-refractivity contribution in [3.05, 3.63) is 75.7 Å². The molecule has 1 amide bonds. The molecule has 1 heterocycles. The number of nitrogens with one attached hydrogen (secondary N) is 2. The highest BCUT2D eigenvalue weighted by molar-refractivity contribution is 6.04. The van der Waals surface area contributed by atoms with Crippen LogP contribution in [0.2, 0.25) is 0 Å². The lowest BCUT2D eigenvalue weighted by atomic mass is 10.1. The number of carboxylic acids is 1. The van der Waals surface area contributed by atoms with Gasteiger partial charge in [0, 0.05) is 5.39 Å². The molecule has 25 heavy (non-hydrogen) atoms. The van der Waals surface area contributed by atoms with Crippen molar-refractivity contribution in [2.75, 3.05) is 0 Å². The van der Waals surface area contributed by atoms with Crippen molar-refractivity contribution in [1.82, 2.24) is 15.6 Å². The summed E-state index contributed by atoms with van der Waals surface area (Å²) in [5.74, 6) is -1.60. The van der Waals surface area contributed by atoms with E-state index in [9.17, 15) is 14.4 Å². The lowest BCUT2D eigenvalue weighted by molar-refractivity contribution is 0.0696. The number of carboxylic acid groups (broad SMARTS) is 1. The summed E-state index contributed by atoms with van der Waals surface area (Å²) in [6.07, 6.45) is 1.37. The first kappa shape index (κ1) is 16.1. The fraction of sp³-hybridized carbons (Fsp3) is 0. The van der Waals surface area contributed by atoms with Crippen LogP contribution in [0.5, 0.6) is 0 Å². The van der Waals surface area contributed by atoms with Crippen LogP contribution in [-0.4, -0.2) is 33.4 Å². The van der Waals surface area contributed by atoms with Crippen LogP contribution in [-0.2, 0) is 0 Å². The van der Waals surface area contributed by atoms with E-state index >= 15 is 0 Å². The van der Waals surface area contributed by atoms with Crippen LogP contribution in [0.4, 0.5) is 0 Å². The van der Waals surface area contributed by atoms with Crippen LogP contribution < -0.4 is 11.0 Å². The number of H-pyrrole nitrogens is 1. The second-order valence-corrected chi connectivity index (χ2v) is 5.07. The van der Waals surface area contributed by atoms with Crippen molar-refractivity contribution in [2.45, 2.75) is 0 Å². The molecule has 0 saturated carbocycles. The number of hydrogen-bond acceptors (Lipinski definition) is 5. The molecule has 0 aliphatic rings. The minimum Gasteiger partial charge on any atom is -0.478 e. The van der Waals surface area contributed by atoms with Gasteiger partial charge in [0.2, 0.25) is 0 Å². The maximum absolute atomic E-state index is 12.2. The zero-order valence-electron chi connectivity index (χ0n) is 12.8. The van der Waals surface area contributed by atoms with Gasteiger partial charge in [0.25, 0.3) is 11.5 Å². The molecule has 0 spiro atoms. The average molecular weight is 336 g/mol. The number of fused-ring (bicyclic) bond motifs is 1. The van der Waals surface area contributed by atoms with E-state index in [1.807, 2.05) is 0 Å². The standard InChI is InChI=1S/C17H12N4O4/c22-15-13-4-2-1-3-12(13)14(19-21-15)16(23)20-18-9-10-5-7-11(8-6-10)17(24)25/h1-9H,(H,20,23)(H,21,22)(H,24,25). The van der Waals surface area contributed by atoms with Gasteiger partial charge >= 0.3 is 5.97 Å². The van der Waals surface area contributed by atoms with E-state index in [2.05, 4.69) is 20.7 Å². The summed E-state index contributed by atoms with van der Waals surface area (Å²) in [6, 6.07) is 12.6. The smallest absolute Gasteiger partial charge is 0.335 e. The Bertz CT molecular complexity index is 1040. The Morgan fingerprint density at radius 1 is 1.08 bits per heavy atom.